The fraction of sp³-hybridized carbons (Fsp3) is 0.867. The number of ketones is 1. The number of hydrogen-bond acceptors (Lipinski definition) is 3. The van der Waals surface area contributed by atoms with Crippen molar-refractivity contribution in [3.05, 3.63) is 0 Å². The Labute approximate surface area is 113 Å². The van der Waals surface area contributed by atoms with Crippen LogP contribution >= 0.6 is 0 Å². The third-order valence-electron chi connectivity index (χ3n) is 6.57. The number of carbonyl (C=O) groups excluding carboxylic acids is 1. The molecule has 0 heterocycles. The molecule has 4 heteroatoms. The van der Waals surface area contributed by atoms with E-state index in [1.807, 2.05) is 6.92 Å². The second-order valence-electron chi connectivity index (χ2n) is 7.17. The second-order valence-corrected chi connectivity index (χ2v) is 7.17. The first kappa shape index (κ1) is 13.1. The van der Waals surface area contributed by atoms with Gasteiger partial charge in [-0.05, 0) is 41.9 Å². The minimum Gasteiger partial charge on any atom is -0.481 e. The zero-order valence-electron chi connectivity index (χ0n) is 11.6. The molecule has 19 heavy (non-hydrogen) atoms. The maximum atomic E-state index is 12.1. The molecule has 2 bridgehead atoms. The van der Waals surface area contributed by atoms with Gasteiger partial charge in [-0.3, -0.25) is 9.59 Å². The first-order chi connectivity index (χ1) is 8.86. The summed E-state index contributed by atoms with van der Waals surface area (Å²) < 4.78 is 0. The van der Waals surface area contributed by atoms with Crippen molar-refractivity contribution in [1.82, 2.24) is 0 Å². The average Bonchev–Trinajstić information content (AvgIpc) is 2.68. The molecule has 0 spiro atoms. The van der Waals surface area contributed by atoms with Crippen LogP contribution in [-0.4, -0.2) is 28.6 Å². The highest BCUT2D eigenvalue weighted by Gasteiger charge is 2.70. The number of Topliss-reactive ketones (excluding diaryl/α,β-unsaturated/α-hetero) is 1. The quantitative estimate of drug-likeness (QED) is 0.798. The van der Waals surface area contributed by atoms with Gasteiger partial charge in [0.1, 0.15) is 5.78 Å². The smallest absolute Gasteiger partial charge is 0.307 e. The van der Waals surface area contributed by atoms with Crippen LogP contribution in [0.5, 0.6) is 0 Å². The van der Waals surface area contributed by atoms with Gasteiger partial charge in [-0.15, -0.1) is 0 Å². The summed E-state index contributed by atoms with van der Waals surface area (Å²) in [5.41, 5.74) is -0.604. The van der Waals surface area contributed by atoms with Gasteiger partial charge in [-0.1, -0.05) is 13.8 Å². The zero-order valence-corrected chi connectivity index (χ0v) is 11.6. The van der Waals surface area contributed by atoms with Crippen molar-refractivity contribution >= 4 is 11.8 Å². The van der Waals surface area contributed by atoms with E-state index in [0.717, 1.165) is 6.42 Å². The number of carboxylic acids is 1. The summed E-state index contributed by atoms with van der Waals surface area (Å²) in [6.07, 6.45) is 2.70. The summed E-state index contributed by atoms with van der Waals surface area (Å²) in [5, 5.41) is 19.3. The molecule has 3 saturated carbocycles. The van der Waals surface area contributed by atoms with Crippen LogP contribution in [0.15, 0.2) is 0 Å². The van der Waals surface area contributed by atoms with Crippen LogP contribution in [0.25, 0.3) is 0 Å². The van der Waals surface area contributed by atoms with E-state index in [0.29, 0.717) is 25.2 Å². The van der Waals surface area contributed by atoms with E-state index in [4.69, 9.17) is 0 Å². The normalized spacial score (nSPS) is 52.3. The monoisotopic (exact) mass is 266 g/mol. The topological polar surface area (TPSA) is 74.6 Å². The predicted molar refractivity (Wildman–Crippen MR) is 68.4 cm³/mol. The lowest BCUT2D eigenvalue weighted by molar-refractivity contribution is -0.152. The number of carboxylic acid groups (broad SMARTS) is 1. The van der Waals surface area contributed by atoms with Crippen molar-refractivity contribution in [2.45, 2.75) is 39.5 Å². The molecule has 3 fully saturated rings. The van der Waals surface area contributed by atoms with Gasteiger partial charge < -0.3 is 10.2 Å². The average molecular weight is 266 g/mol. The molecule has 0 saturated heterocycles. The number of aliphatic hydroxyl groups is 1. The third kappa shape index (κ3) is 1.38. The maximum absolute atomic E-state index is 12.1. The molecule has 4 nitrogen and oxygen atoms in total. The Morgan fingerprint density at radius 3 is 2.63 bits per heavy atom. The van der Waals surface area contributed by atoms with E-state index in [9.17, 15) is 19.8 Å². The fourth-order valence-corrected chi connectivity index (χ4v) is 5.70. The van der Waals surface area contributed by atoms with Crippen molar-refractivity contribution in [2.24, 2.45) is 34.5 Å². The van der Waals surface area contributed by atoms with Crippen LogP contribution in [0.3, 0.4) is 0 Å². The molecule has 0 aromatic rings. The largest absolute Gasteiger partial charge is 0.481 e. The minimum atomic E-state index is -0.757. The van der Waals surface area contributed by atoms with Gasteiger partial charge in [0.05, 0.1) is 5.92 Å². The summed E-state index contributed by atoms with van der Waals surface area (Å²) in [4.78, 5) is 23.8. The van der Waals surface area contributed by atoms with Crippen LogP contribution in [0, 0.1) is 34.5 Å². The van der Waals surface area contributed by atoms with Crippen LogP contribution in [-0.2, 0) is 9.59 Å². The van der Waals surface area contributed by atoms with Gasteiger partial charge in [0.15, 0.2) is 0 Å². The first-order valence-corrected chi connectivity index (χ1v) is 7.23. The Morgan fingerprint density at radius 1 is 1.37 bits per heavy atom. The Hall–Kier alpha value is -0.900. The predicted octanol–water partition coefficient (Wildman–Crippen LogP) is 1.71. The number of aliphatic hydroxyl groups excluding tert-OH is 1. The van der Waals surface area contributed by atoms with E-state index >= 15 is 0 Å². The molecule has 6 unspecified atom stereocenters. The Morgan fingerprint density at radius 2 is 2.05 bits per heavy atom. The van der Waals surface area contributed by atoms with E-state index in [1.165, 1.54) is 0 Å². The number of carbonyl (C=O) groups is 2. The third-order valence-corrected chi connectivity index (χ3v) is 6.57. The highest BCUT2D eigenvalue weighted by atomic mass is 16.4. The van der Waals surface area contributed by atoms with Crippen molar-refractivity contribution in [2.75, 3.05) is 6.61 Å². The van der Waals surface area contributed by atoms with Gasteiger partial charge in [-0.25, -0.2) is 0 Å². The summed E-state index contributed by atoms with van der Waals surface area (Å²) >= 11 is 0. The molecule has 2 N–H and O–H groups in total. The second kappa shape index (κ2) is 3.81. The molecule has 3 aliphatic carbocycles. The first-order valence-electron chi connectivity index (χ1n) is 7.23. The molecular formula is C15H22O4. The maximum Gasteiger partial charge on any atom is 0.307 e. The van der Waals surface area contributed by atoms with Crippen molar-refractivity contribution in [3.8, 4) is 0 Å². The summed E-state index contributed by atoms with van der Waals surface area (Å²) in [5.74, 6) is -0.641. The minimum absolute atomic E-state index is 0.100. The molecule has 0 amide bonds. The van der Waals surface area contributed by atoms with Crippen LogP contribution in [0.1, 0.15) is 39.5 Å². The molecule has 3 rings (SSSR count). The molecule has 0 radical (unpaired) electrons. The van der Waals surface area contributed by atoms with E-state index in [2.05, 4.69) is 6.92 Å². The van der Waals surface area contributed by atoms with Gasteiger partial charge >= 0.3 is 5.97 Å². The lowest BCUT2D eigenvalue weighted by Crippen LogP contribution is -2.44. The molecular weight excluding hydrogens is 244 g/mol. The Bertz CT molecular complexity index is 445. The number of rotatable bonds is 2. The number of aliphatic carboxylic acids is 1. The van der Waals surface area contributed by atoms with Crippen LogP contribution in [0.4, 0.5) is 0 Å². The molecule has 106 valence electrons. The molecule has 0 aromatic heterocycles. The molecule has 6 atom stereocenters. The Balaban J connectivity index is 2.12. The van der Waals surface area contributed by atoms with E-state index < -0.39 is 17.3 Å². The SMILES string of the molecule is CC1C(=O)CC2C3CCC(C(=O)O)C12CC3(C)CO. The summed E-state index contributed by atoms with van der Waals surface area (Å²) in [6, 6.07) is 0. The van der Waals surface area contributed by atoms with Crippen molar-refractivity contribution in [3.63, 3.8) is 0 Å². The van der Waals surface area contributed by atoms with Gasteiger partial charge in [-0.2, -0.15) is 0 Å². The van der Waals surface area contributed by atoms with Gasteiger partial charge in [0.2, 0.25) is 0 Å². The highest BCUT2D eigenvalue weighted by Crippen LogP contribution is 2.72. The lowest BCUT2D eigenvalue weighted by Gasteiger charge is -2.43. The van der Waals surface area contributed by atoms with Crippen LogP contribution < -0.4 is 0 Å². The van der Waals surface area contributed by atoms with Gasteiger partial charge in [0, 0.05) is 18.9 Å². The van der Waals surface area contributed by atoms with Gasteiger partial charge in [0.25, 0.3) is 0 Å². The fourth-order valence-electron chi connectivity index (χ4n) is 5.70. The Kier molecular flexibility index (Phi) is 2.63. The highest BCUT2D eigenvalue weighted by molar-refractivity contribution is 5.87. The summed E-state index contributed by atoms with van der Waals surface area (Å²) in [7, 11) is 0. The molecule has 3 aliphatic rings. The zero-order chi connectivity index (χ0) is 14.0. The summed E-state index contributed by atoms with van der Waals surface area (Å²) in [6.45, 7) is 4.08. The standard InChI is InChI=1S/C15H22O4/c1-8-12(17)5-11-9-3-4-10(13(18)19)15(8,11)6-14(9,2)7-16/h8-11,16H,3-7H2,1-2H3,(H,18,19). The van der Waals surface area contributed by atoms with Crippen molar-refractivity contribution < 1.29 is 19.8 Å². The lowest BCUT2D eigenvalue weighted by atomic mass is 9.59. The number of hydrogen-bond donors (Lipinski definition) is 2. The van der Waals surface area contributed by atoms with Crippen molar-refractivity contribution in [1.29, 1.82) is 0 Å². The van der Waals surface area contributed by atoms with E-state index in [-0.39, 0.29) is 29.6 Å². The van der Waals surface area contributed by atoms with Crippen LogP contribution in [0.2, 0.25) is 0 Å². The van der Waals surface area contributed by atoms with E-state index in [1.54, 1.807) is 0 Å². The molecule has 0 aliphatic heterocycles. The molecule has 0 aromatic carbocycles.